The van der Waals surface area contributed by atoms with Gasteiger partial charge in [-0.05, 0) is 118 Å². The minimum absolute atomic E-state index is 0. The number of aromatic nitrogens is 4. The fourth-order valence-electron chi connectivity index (χ4n) is 8.62. The second-order valence-corrected chi connectivity index (χ2v) is 18.3. The molecule has 2 heterocycles. The Labute approximate surface area is 398 Å². The molecule has 2 aromatic heterocycles. The number of hydrogen-bond acceptors (Lipinski definition) is 2. The summed E-state index contributed by atoms with van der Waals surface area (Å²) >= 11 is 0. The summed E-state index contributed by atoms with van der Waals surface area (Å²) in [6.07, 6.45) is 12.2. The second-order valence-electron chi connectivity index (χ2n) is 18.3. The third-order valence-corrected chi connectivity index (χ3v) is 11.0. The molecule has 64 heavy (non-hydrogen) atoms. The normalized spacial score (nSPS) is 11.1. The molecule has 8 rings (SSSR count). The van der Waals surface area contributed by atoms with Crippen LogP contribution in [0.2, 0.25) is 0 Å². The van der Waals surface area contributed by atoms with Gasteiger partial charge in [0.15, 0.2) is 0 Å². The van der Waals surface area contributed by atoms with Crippen molar-refractivity contribution >= 4 is 0 Å². The molecule has 0 aliphatic rings. The molecule has 0 saturated heterocycles. The zero-order valence-corrected chi connectivity index (χ0v) is 41.7. The zero-order chi connectivity index (χ0) is 43.6. The van der Waals surface area contributed by atoms with Crippen LogP contribution in [-0.2, 0) is 45.8 Å². The summed E-state index contributed by atoms with van der Waals surface area (Å²) in [6, 6.07) is 53.0. The van der Waals surface area contributed by atoms with Gasteiger partial charge in [0, 0.05) is 56.1 Å². The van der Waals surface area contributed by atoms with Gasteiger partial charge in [0.2, 0.25) is 0 Å². The topological polar surface area (TPSA) is 35.6 Å². The minimum atomic E-state index is 0. The second kappa shape index (κ2) is 23.4. The van der Waals surface area contributed by atoms with Crippen LogP contribution in [0, 0.1) is 37.2 Å². The van der Waals surface area contributed by atoms with Gasteiger partial charge < -0.3 is 12.0 Å². The molecule has 4 nitrogen and oxygen atoms in total. The number of benzene rings is 6. The van der Waals surface area contributed by atoms with Crippen LogP contribution < -0.4 is 0 Å². The zero-order valence-electron chi connectivity index (χ0n) is 39.3. The maximum Gasteiger partial charge on any atom is 0.144 e. The first kappa shape index (κ1) is 49.4. The van der Waals surface area contributed by atoms with Crippen molar-refractivity contribution < 1.29 is 20.1 Å². The molecule has 0 aliphatic carbocycles. The Kier molecular flexibility index (Phi) is 18.0. The summed E-state index contributed by atoms with van der Waals surface area (Å²) in [4.78, 5) is 9.46. The van der Waals surface area contributed by atoms with E-state index in [1.54, 1.807) is 0 Å². The van der Waals surface area contributed by atoms with Crippen molar-refractivity contribution in [1.29, 1.82) is 0 Å². The van der Waals surface area contributed by atoms with E-state index in [2.05, 4.69) is 204 Å². The molecule has 333 valence electrons. The summed E-state index contributed by atoms with van der Waals surface area (Å²) in [5, 5.41) is 0. The molecule has 0 atom stereocenters. The van der Waals surface area contributed by atoms with Gasteiger partial charge in [-0.25, -0.2) is 4.98 Å². The fraction of sp³-hybridized carbons (Fsp3) is 0.271. The van der Waals surface area contributed by atoms with Crippen molar-refractivity contribution in [3.63, 3.8) is 0 Å². The van der Waals surface area contributed by atoms with Crippen LogP contribution in [0.5, 0.6) is 0 Å². The van der Waals surface area contributed by atoms with Gasteiger partial charge in [0.1, 0.15) is 5.82 Å². The summed E-state index contributed by atoms with van der Waals surface area (Å²) in [5.41, 5.74) is 15.4. The van der Waals surface area contributed by atoms with Crippen molar-refractivity contribution in [1.82, 2.24) is 19.1 Å². The predicted molar refractivity (Wildman–Crippen MR) is 268 cm³/mol. The third kappa shape index (κ3) is 12.3. The Balaban J connectivity index is 0.000000234. The molecule has 0 fully saturated rings. The maximum absolute atomic E-state index is 4.75. The molecule has 0 unspecified atom stereocenters. The quantitative estimate of drug-likeness (QED) is 0.102. The summed E-state index contributed by atoms with van der Waals surface area (Å²) in [7, 11) is 0. The van der Waals surface area contributed by atoms with Crippen LogP contribution in [0.4, 0.5) is 0 Å². The molecule has 0 aliphatic heterocycles. The molecule has 0 bridgehead atoms. The number of imidazole rings is 2. The summed E-state index contributed by atoms with van der Waals surface area (Å²) in [6.45, 7) is 18.4. The minimum Gasteiger partial charge on any atom is -0.358 e. The first-order chi connectivity index (χ1) is 30.0. The first-order valence-corrected chi connectivity index (χ1v) is 22.6. The number of nitrogens with zero attached hydrogens (tertiary/aromatic N) is 4. The van der Waals surface area contributed by atoms with Gasteiger partial charge in [-0.2, -0.15) is 0 Å². The van der Waals surface area contributed by atoms with Crippen LogP contribution in [0.15, 0.2) is 164 Å². The van der Waals surface area contributed by atoms with Crippen LogP contribution in [0.3, 0.4) is 0 Å². The van der Waals surface area contributed by atoms with E-state index >= 15 is 0 Å². The van der Waals surface area contributed by atoms with E-state index in [0.717, 1.165) is 48.5 Å². The van der Waals surface area contributed by atoms with Crippen molar-refractivity contribution in [2.45, 2.75) is 81.1 Å². The van der Waals surface area contributed by atoms with Crippen LogP contribution in [-0.4, -0.2) is 19.1 Å². The molecule has 0 amide bonds. The number of rotatable bonds is 14. The maximum atomic E-state index is 4.75. The number of hydrogen-bond donors (Lipinski definition) is 0. The molecule has 0 saturated carbocycles. The monoisotopic (exact) mass is 1020 g/mol. The third-order valence-electron chi connectivity index (χ3n) is 11.0. The Hall–Kier alpha value is -5.61. The Morgan fingerprint density at radius 2 is 0.766 bits per heavy atom. The van der Waals surface area contributed by atoms with Crippen molar-refractivity contribution in [3.8, 4) is 56.4 Å². The smallest absolute Gasteiger partial charge is 0.144 e. The van der Waals surface area contributed by atoms with Gasteiger partial charge >= 0.3 is 0 Å². The molecule has 0 spiro atoms. The average Bonchev–Trinajstić information content (AvgIpc) is 3.95. The standard InChI is InChI=1S/C29H32N2.C29H31N2.CH3.Ir/c2*1-21(2)17-26-19-25(23-11-7-5-8-12-23)20-27(18-22(3)4)28(26)31-16-15-30-29(31)24-13-9-6-10-14-24;;/h5-16,19-22H,17-18H2,1-4H3;5-13,15-16,19-22H,17-18H2,1-4H3;1H3;/q;2*-1;. The summed E-state index contributed by atoms with van der Waals surface area (Å²) < 4.78 is 4.58. The van der Waals surface area contributed by atoms with Crippen molar-refractivity contribution in [3.05, 3.63) is 200 Å². The molecule has 6 aromatic carbocycles. The Morgan fingerprint density at radius 3 is 1.12 bits per heavy atom. The van der Waals surface area contributed by atoms with Crippen LogP contribution in [0.1, 0.15) is 77.6 Å². The van der Waals surface area contributed by atoms with Crippen LogP contribution >= 0.6 is 0 Å². The predicted octanol–water partition coefficient (Wildman–Crippen LogP) is 15.5. The van der Waals surface area contributed by atoms with Crippen LogP contribution in [0.25, 0.3) is 56.4 Å². The molecule has 5 heteroatoms. The van der Waals surface area contributed by atoms with E-state index < -0.39 is 0 Å². The van der Waals surface area contributed by atoms with Crippen molar-refractivity contribution in [2.24, 2.45) is 23.7 Å². The van der Waals surface area contributed by atoms with E-state index in [1.807, 2.05) is 30.6 Å². The molecule has 1 radical (unpaired) electrons. The Bertz CT molecular complexity index is 2370. The Morgan fingerprint density at radius 1 is 0.422 bits per heavy atom. The SMILES string of the molecule is CC(C)Cc1cc(-c2ccccc2)cc(CC(C)C)c1-n1ccnc1-c1[c-]cccc1.CC(C)Cc1cc(-c2ccccc2)cc(CC(C)C)c1-n1ccnc1-c1ccccc1.[CH3-].[Ir]. The first-order valence-electron chi connectivity index (χ1n) is 22.6. The molecule has 8 aromatic rings. The van der Waals surface area contributed by atoms with E-state index in [9.17, 15) is 0 Å². The summed E-state index contributed by atoms with van der Waals surface area (Å²) in [5.74, 6) is 4.21. The average molecular weight is 1020 g/mol. The molecule has 0 N–H and O–H groups in total. The van der Waals surface area contributed by atoms with E-state index in [1.165, 1.54) is 55.9 Å². The van der Waals surface area contributed by atoms with Gasteiger partial charge in [0.05, 0.1) is 11.5 Å². The van der Waals surface area contributed by atoms with E-state index in [0.29, 0.717) is 23.7 Å². The fourth-order valence-corrected chi connectivity index (χ4v) is 8.62. The van der Waals surface area contributed by atoms with Gasteiger partial charge in [-0.1, -0.05) is 146 Å². The largest absolute Gasteiger partial charge is 0.358 e. The molecular weight excluding hydrogens is 957 g/mol. The van der Waals surface area contributed by atoms with Crippen molar-refractivity contribution in [2.75, 3.05) is 0 Å². The molecular formula is C59H66IrN4-2. The van der Waals surface area contributed by atoms with Gasteiger partial charge in [-0.15, -0.1) is 35.9 Å². The van der Waals surface area contributed by atoms with E-state index in [4.69, 9.17) is 9.97 Å². The van der Waals surface area contributed by atoms with E-state index in [-0.39, 0.29) is 27.5 Å². The van der Waals surface area contributed by atoms with Gasteiger partial charge in [0.25, 0.3) is 0 Å². The van der Waals surface area contributed by atoms with Gasteiger partial charge in [-0.3, -0.25) is 9.55 Å².